The molecule has 6 nitrogen and oxygen atoms in total. The molecule has 120 valence electrons. The zero-order valence-corrected chi connectivity index (χ0v) is 13.3. The minimum absolute atomic E-state index is 0.00610. The van der Waals surface area contributed by atoms with Crippen molar-refractivity contribution in [2.24, 2.45) is 0 Å². The zero-order valence-electron chi connectivity index (χ0n) is 13.3. The molecule has 0 spiro atoms. The quantitative estimate of drug-likeness (QED) is 0.917. The van der Waals surface area contributed by atoms with Gasteiger partial charge in [-0.1, -0.05) is 18.2 Å². The third-order valence-electron chi connectivity index (χ3n) is 3.61. The van der Waals surface area contributed by atoms with Crippen molar-refractivity contribution < 1.29 is 9.53 Å². The standard InChI is InChI=1S/C17H20N4O2/c1-12(2)23-17-16(18-8-9-19-17)20-11-15(22)21-10-7-13-5-3-4-6-14(13)21/h3-6,8-9,12H,7,10-11H2,1-2H3,(H,18,20). The summed E-state index contributed by atoms with van der Waals surface area (Å²) < 4.78 is 5.60. The van der Waals surface area contributed by atoms with Crippen LogP contribution in [0.2, 0.25) is 0 Å². The smallest absolute Gasteiger partial charge is 0.257 e. The average Bonchev–Trinajstić information content (AvgIpc) is 2.97. The van der Waals surface area contributed by atoms with Crippen LogP contribution in [-0.4, -0.2) is 35.1 Å². The zero-order chi connectivity index (χ0) is 16.2. The fraction of sp³-hybridized carbons (Fsp3) is 0.353. The lowest BCUT2D eigenvalue weighted by molar-refractivity contribution is -0.116. The predicted molar refractivity (Wildman–Crippen MR) is 88.8 cm³/mol. The molecule has 1 aromatic carbocycles. The molecule has 1 aliphatic rings. The molecule has 1 aromatic heterocycles. The Bertz CT molecular complexity index is 702. The van der Waals surface area contributed by atoms with Gasteiger partial charge >= 0.3 is 0 Å². The molecule has 0 fully saturated rings. The minimum atomic E-state index is -0.00610. The lowest BCUT2D eigenvalue weighted by Gasteiger charge is -2.18. The van der Waals surface area contributed by atoms with Gasteiger partial charge in [0, 0.05) is 24.6 Å². The third kappa shape index (κ3) is 3.41. The molecule has 0 bridgehead atoms. The van der Waals surface area contributed by atoms with E-state index < -0.39 is 0 Å². The Kier molecular flexibility index (Phi) is 4.41. The molecule has 0 atom stereocenters. The van der Waals surface area contributed by atoms with Gasteiger partial charge in [0.05, 0.1) is 12.6 Å². The summed E-state index contributed by atoms with van der Waals surface area (Å²) in [4.78, 5) is 22.7. The maximum Gasteiger partial charge on any atom is 0.257 e. The van der Waals surface area contributed by atoms with Crippen molar-refractivity contribution in [2.45, 2.75) is 26.4 Å². The summed E-state index contributed by atoms with van der Waals surface area (Å²) in [7, 11) is 0. The van der Waals surface area contributed by atoms with Crippen LogP contribution in [0.15, 0.2) is 36.7 Å². The van der Waals surface area contributed by atoms with Gasteiger partial charge in [-0.2, -0.15) is 0 Å². The van der Waals surface area contributed by atoms with Crippen LogP contribution in [0.4, 0.5) is 11.5 Å². The van der Waals surface area contributed by atoms with Gasteiger partial charge in [-0.25, -0.2) is 9.97 Å². The maximum atomic E-state index is 12.5. The molecule has 1 N–H and O–H groups in total. The highest BCUT2D eigenvalue weighted by molar-refractivity contribution is 5.98. The Balaban J connectivity index is 1.67. The van der Waals surface area contributed by atoms with E-state index >= 15 is 0 Å². The highest BCUT2D eigenvalue weighted by Crippen LogP contribution is 2.27. The number of benzene rings is 1. The molecule has 1 aliphatic heterocycles. The van der Waals surface area contributed by atoms with Gasteiger partial charge in [-0.15, -0.1) is 0 Å². The Morgan fingerprint density at radius 2 is 2.09 bits per heavy atom. The molecule has 0 saturated carbocycles. The highest BCUT2D eigenvalue weighted by atomic mass is 16.5. The number of hydrogen-bond acceptors (Lipinski definition) is 5. The number of rotatable bonds is 5. The first-order chi connectivity index (χ1) is 11.1. The van der Waals surface area contributed by atoms with Crippen molar-refractivity contribution in [3.63, 3.8) is 0 Å². The highest BCUT2D eigenvalue weighted by Gasteiger charge is 2.24. The molecule has 3 rings (SSSR count). The van der Waals surface area contributed by atoms with Crippen molar-refractivity contribution in [3.05, 3.63) is 42.2 Å². The van der Waals surface area contributed by atoms with Crippen molar-refractivity contribution in [2.75, 3.05) is 23.3 Å². The van der Waals surface area contributed by atoms with Crippen molar-refractivity contribution >= 4 is 17.4 Å². The number of carbonyl (C=O) groups excluding carboxylic acids is 1. The topological polar surface area (TPSA) is 67.4 Å². The lowest BCUT2D eigenvalue weighted by Crippen LogP contribution is -2.34. The number of nitrogens with one attached hydrogen (secondary N) is 1. The van der Waals surface area contributed by atoms with E-state index in [-0.39, 0.29) is 18.6 Å². The molecule has 0 radical (unpaired) electrons. The van der Waals surface area contributed by atoms with Crippen LogP contribution in [0.1, 0.15) is 19.4 Å². The van der Waals surface area contributed by atoms with E-state index in [4.69, 9.17) is 4.74 Å². The van der Waals surface area contributed by atoms with E-state index in [1.165, 1.54) is 5.56 Å². The lowest BCUT2D eigenvalue weighted by atomic mass is 10.2. The fourth-order valence-corrected chi connectivity index (χ4v) is 2.61. The van der Waals surface area contributed by atoms with Crippen molar-refractivity contribution in [3.8, 4) is 5.88 Å². The second kappa shape index (κ2) is 6.64. The van der Waals surface area contributed by atoms with Crippen LogP contribution in [0, 0.1) is 0 Å². The van der Waals surface area contributed by atoms with Crippen LogP contribution >= 0.6 is 0 Å². The van der Waals surface area contributed by atoms with Gasteiger partial charge in [0.2, 0.25) is 5.91 Å². The molecular weight excluding hydrogens is 292 g/mol. The molecule has 2 heterocycles. The van der Waals surface area contributed by atoms with Crippen LogP contribution in [0.5, 0.6) is 5.88 Å². The summed E-state index contributed by atoms with van der Waals surface area (Å²) in [6, 6.07) is 8.00. The monoisotopic (exact) mass is 312 g/mol. The normalized spacial score (nSPS) is 13.1. The Morgan fingerprint density at radius 1 is 1.30 bits per heavy atom. The van der Waals surface area contributed by atoms with Crippen LogP contribution < -0.4 is 15.0 Å². The number of nitrogens with zero attached hydrogens (tertiary/aromatic N) is 3. The van der Waals surface area contributed by atoms with E-state index in [1.807, 2.05) is 36.9 Å². The Labute approximate surface area is 135 Å². The van der Waals surface area contributed by atoms with Crippen LogP contribution in [0.3, 0.4) is 0 Å². The first kappa shape index (κ1) is 15.3. The summed E-state index contributed by atoms with van der Waals surface area (Å²) in [5, 5.41) is 3.04. The maximum absolute atomic E-state index is 12.5. The molecule has 0 saturated heterocycles. The number of aromatic nitrogens is 2. The van der Waals surface area contributed by atoms with Gasteiger partial charge in [0.25, 0.3) is 5.88 Å². The SMILES string of the molecule is CC(C)Oc1nccnc1NCC(=O)N1CCc2ccccc21. The number of anilines is 2. The van der Waals surface area contributed by atoms with Crippen molar-refractivity contribution in [1.29, 1.82) is 0 Å². The van der Waals surface area contributed by atoms with E-state index in [0.29, 0.717) is 11.7 Å². The number of carbonyl (C=O) groups is 1. The molecule has 6 heteroatoms. The third-order valence-corrected chi connectivity index (χ3v) is 3.61. The van der Waals surface area contributed by atoms with E-state index in [0.717, 1.165) is 18.7 Å². The molecule has 0 aliphatic carbocycles. The van der Waals surface area contributed by atoms with Crippen molar-refractivity contribution in [1.82, 2.24) is 9.97 Å². The molecule has 1 amide bonds. The molecular formula is C17H20N4O2. The number of ether oxygens (including phenoxy) is 1. The molecule has 0 unspecified atom stereocenters. The Hall–Kier alpha value is -2.63. The summed E-state index contributed by atoms with van der Waals surface area (Å²) in [6.07, 6.45) is 4.04. The predicted octanol–water partition coefficient (Wildman–Crippen LogP) is 2.26. The van der Waals surface area contributed by atoms with Gasteiger partial charge in [0.15, 0.2) is 5.82 Å². The summed E-state index contributed by atoms with van der Waals surface area (Å²) in [5.74, 6) is 0.912. The first-order valence-electron chi connectivity index (χ1n) is 7.75. The summed E-state index contributed by atoms with van der Waals surface area (Å²) in [5.41, 5.74) is 2.21. The number of hydrogen-bond donors (Lipinski definition) is 1. The summed E-state index contributed by atoms with van der Waals surface area (Å²) >= 11 is 0. The minimum Gasteiger partial charge on any atom is -0.472 e. The van der Waals surface area contributed by atoms with Gasteiger partial charge in [-0.3, -0.25) is 4.79 Å². The first-order valence-corrected chi connectivity index (χ1v) is 7.75. The van der Waals surface area contributed by atoms with E-state index in [9.17, 15) is 4.79 Å². The van der Waals surface area contributed by atoms with Crippen LogP contribution in [0.25, 0.3) is 0 Å². The second-order valence-corrected chi connectivity index (χ2v) is 5.65. The van der Waals surface area contributed by atoms with Gasteiger partial charge in [-0.05, 0) is 31.9 Å². The van der Waals surface area contributed by atoms with E-state index in [2.05, 4.69) is 21.4 Å². The van der Waals surface area contributed by atoms with Gasteiger partial charge in [0.1, 0.15) is 0 Å². The number of fused-ring (bicyclic) bond motifs is 1. The van der Waals surface area contributed by atoms with Gasteiger partial charge < -0.3 is 15.0 Å². The molecule has 2 aromatic rings. The second-order valence-electron chi connectivity index (χ2n) is 5.65. The summed E-state index contributed by atoms with van der Waals surface area (Å²) in [6.45, 7) is 4.71. The number of amides is 1. The fourth-order valence-electron chi connectivity index (χ4n) is 2.61. The Morgan fingerprint density at radius 3 is 2.91 bits per heavy atom. The average molecular weight is 312 g/mol. The number of para-hydroxylation sites is 1. The van der Waals surface area contributed by atoms with Crippen LogP contribution in [-0.2, 0) is 11.2 Å². The van der Waals surface area contributed by atoms with E-state index in [1.54, 1.807) is 12.4 Å². The molecule has 23 heavy (non-hydrogen) atoms. The largest absolute Gasteiger partial charge is 0.472 e.